The first kappa shape index (κ1) is 17.8. The summed E-state index contributed by atoms with van der Waals surface area (Å²) in [5, 5.41) is 3.41. The number of carbonyl (C=O) groups is 2. The Labute approximate surface area is 143 Å². The molecule has 2 amide bonds. The molecule has 0 saturated carbocycles. The molecule has 0 aliphatic carbocycles. The molecule has 126 valence electrons. The second kappa shape index (κ2) is 7.32. The van der Waals surface area contributed by atoms with Gasteiger partial charge in [-0.25, -0.2) is 0 Å². The van der Waals surface area contributed by atoms with Gasteiger partial charge in [0.1, 0.15) is 0 Å². The van der Waals surface area contributed by atoms with Gasteiger partial charge in [0, 0.05) is 24.2 Å². The number of carbonyl (C=O) groups excluding carboxylic acids is 2. The molecule has 5 nitrogen and oxygen atoms in total. The van der Waals surface area contributed by atoms with E-state index < -0.39 is 5.91 Å². The van der Waals surface area contributed by atoms with Gasteiger partial charge in [-0.1, -0.05) is 0 Å². The third-order valence-corrected chi connectivity index (χ3v) is 5.19. The van der Waals surface area contributed by atoms with Crippen molar-refractivity contribution in [3.63, 3.8) is 0 Å². The molecule has 0 bridgehead atoms. The van der Waals surface area contributed by atoms with E-state index >= 15 is 0 Å². The molecule has 1 spiro atoms. The molecule has 1 aromatic rings. The second-order valence-electron chi connectivity index (χ2n) is 6.48. The lowest BCUT2D eigenvalue weighted by Gasteiger charge is -2.44. The lowest BCUT2D eigenvalue weighted by Crippen LogP contribution is -2.47. The lowest BCUT2D eigenvalue weighted by atomic mass is 9.71. The van der Waals surface area contributed by atoms with Crippen LogP contribution in [0, 0.1) is 5.41 Å². The van der Waals surface area contributed by atoms with Crippen LogP contribution in [0.25, 0.3) is 0 Å². The zero-order chi connectivity index (χ0) is 15.6. The maximum atomic E-state index is 12.5. The topological polar surface area (TPSA) is 75.4 Å². The third kappa shape index (κ3) is 3.85. The summed E-state index contributed by atoms with van der Waals surface area (Å²) >= 11 is 0. The van der Waals surface area contributed by atoms with Gasteiger partial charge in [-0.05, 0) is 68.5 Å². The average Bonchev–Trinajstić information content (AvgIpc) is 2.56. The fourth-order valence-corrected chi connectivity index (χ4v) is 3.60. The van der Waals surface area contributed by atoms with E-state index in [1.165, 1.54) is 12.8 Å². The number of piperidine rings is 2. The van der Waals surface area contributed by atoms with E-state index in [1.54, 1.807) is 24.3 Å². The van der Waals surface area contributed by atoms with Gasteiger partial charge in [0.05, 0.1) is 0 Å². The molecular weight excluding hydrogens is 314 g/mol. The van der Waals surface area contributed by atoms with Crippen LogP contribution in [0.3, 0.4) is 0 Å². The summed E-state index contributed by atoms with van der Waals surface area (Å²) < 4.78 is 0. The predicted octanol–water partition coefficient (Wildman–Crippen LogP) is 1.81. The standard InChI is InChI=1S/C17H23N3O2.ClH/c18-15(21)13-1-3-14(4-2-13)16(22)20-11-7-17(8-12-20)5-9-19-10-6-17;/h1-4,19H,5-12H2,(H2,18,21);1H. The van der Waals surface area contributed by atoms with Crippen molar-refractivity contribution >= 4 is 24.2 Å². The molecule has 6 heteroatoms. The summed E-state index contributed by atoms with van der Waals surface area (Å²) in [5.41, 5.74) is 6.73. The number of rotatable bonds is 2. The van der Waals surface area contributed by atoms with Crippen LogP contribution < -0.4 is 11.1 Å². The highest BCUT2D eigenvalue weighted by Crippen LogP contribution is 2.39. The fraction of sp³-hybridized carbons (Fsp3) is 0.529. The molecular formula is C17H24ClN3O2. The van der Waals surface area contributed by atoms with Gasteiger partial charge >= 0.3 is 0 Å². The number of hydrogen-bond donors (Lipinski definition) is 2. The lowest BCUT2D eigenvalue weighted by molar-refractivity contribution is 0.0495. The van der Waals surface area contributed by atoms with Gasteiger partial charge in [0.25, 0.3) is 5.91 Å². The Kier molecular flexibility index (Phi) is 5.65. The average molecular weight is 338 g/mol. The number of primary amides is 1. The Morgan fingerprint density at radius 1 is 0.957 bits per heavy atom. The first-order valence-corrected chi connectivity index (χ1v) is 8.00. The smallest absolute Gasteiger partial charge is 0.253 e. The zero-order valence-corrected chi connectivity index (χ0v) is 14.0. The highest BCUT2D eigenvalue weighted by atomic mass is 35.5. The van der Waals surface area contributed by atoms with Crippen molar-refractivity contribution in [3.05, 3.63) is 35.4 Å². The SMILES string of the molecule is Cl.NC(=O)c1ccc(C(=O)N2CCC3(CCNCC3)CC2)cc1. The number of benzene rings is 1. The van der Waals surface area contributed by atoms with Gasteiger partial charge in [-0.2, -0.15) is 0 Å². The number of nitrogens with two attached hydrogens (primary N) is 1. The molecule has 2 aliphatic rings. The van der Waals surface area contributed by atoms with Crippen LogP contribution in [0.4, 0.5) is 0 Å². The minimum atomic E-state index is -0.468. The molecule has 23 heavy (non-hydrogen) atoms. The quantitative estimate of drug-likeness (QED) is 0.864. The molecule has 3 rings (SSSR count). The first-order valence-electron chi connectivity index (χ1n) is 8.00. The van der Waals surface area contributed by atoms with Crippen LogP contribution in [0.2, 0.25) is 0 Å². The largest absolute Gasteiger partial charge is 0.366 e. The molecule has 2 saturated heterocycles. The highest BCUT2D eigenvalue weighted by molar-refractivity contribution is 5.97. The molecule has 0 radical (unpaired) electrons. The Hall–Kier alpha value is -1.59. The summed E-state index contributed by atoms with van der Waals surface area (Å²) in [6.45, 7) is 3.86. The number of halogens is 1. The number of nitrogens with one attached hydrogen (secondary N) is 1. The second-order valence-corrected chi connectivity index (χ2v) is 6.48. The van der Waals surface area contributed by atoms with Crippen molar-refractivity contribution in [1.29, 1.82) is 0 Å². The van der Waals surface area contributed by atoms with Crippen molar-refractivity contribution in [1.82, 2.24) is 10.2 Å². The first-order chi connectivity index (χ1) is 10.6. The van der Waals surface area contributed by atoms with Crippen molar-refractivity contribution in [3.8, 4) is 0 Å². The number of likely N-dealkylation sites (tertiary alicyclic amines) is 1. The molecule has 1 aromatic carbocycles. The zero-order valence-electron chi connectivity index (χ0n) is 13.2. The molecule has 2 aliphatic heterocycles. The van der Waals surface area contributed by atoms with E-state index in [0.29, 0.717) is 16.5 Å². The van der Waals surface area contributed by atoms with Gasteiger partial charge in [-0.3, -0.25) is 9.59 Å². The molecule has 0 atom stereocenters. The van der Waals surface area contributed by atoms with Gasteiger partial charge in [0.2, 0.25) is 5.91 Å². The van der Waals surface area contributed by atoms with Crippen LogP contribution >= 0.6 is 12.4 Å². The van der Waals surface area contributed by atoms with Gasteiger partial charge in [-0.15, -0.1) is 12.4 Å². The van der Waals surface area contributed by atoms with Crippen LogP contribution in [0.1, 0.15) is 46.4 Å². The molecule has 2 fully saturated rings. The van der Waals surface area contributed by atoms with Crippen molar-refractivity contribution in [2.45, 2.75) is 25.7 Å². The molecule has 3 N–H and O–H groups in total. The summed E-state index contributed by atoms with van der Waals surface area (Å²) in [5.74, 6) is -0.412. The highest BCUT2D eigenvalue weighted by Gasteiger charge is 2.36. The van der Waals surface area contributed by atoms with E-state index in [-0.39, 0.29) is 18.3 Å². The minimum absolute atomic E-state index is 0. The van der Waals surface area contributed by atoms with Crippen LogP contribution in [-0.2, 0) is 0 Å². The monoisotopic (exact) mass is 337 g/mol. The predicted molar refractivity (Wildman–Crippen MR) is 91.9 cm³/mol. The third-order valence-electron chi connectivity index (χ3n) is 5.19. The Bertz CT molecular complexity index is 558. The molecule has 2 heterocycles. The summed E-state index contributed by atoms with van der Waals surface area (Å²) in [6, 6.07) is 6.62. The maximum absolute atomic E-state index is 12.5. The van der Waals surface area contributed by atoms with Crippen LogP contribution in [0.15, 0.2) is 24.3 Å². The number of hydrogen-bond acceptors (Lipinski definition) is 3. The number of amides is 2. The van der Waals surface area contributed by atoms with Crippen LogP contribution in [0.5, 0.6) is 0 Å². The normalized spacial score (nSPS) is 19.9. The van der Waals surface area contributed by atoms with Crippen molar-refractivity contribution in [2.75, 3.05) is 26.2 Å². The minimum Gasteiger partial charge on any atom is -0.366 e. The van der Waals surface area contributed by atoms with Gasteiger partial charge < -0.3 is 16.0 Å². The Balaban J connectivity index is 0.00000192. The van der Waals surface area contributed by atoms with E-state index in [2.05, 4.69) is 5.32 Å². The van der Waals surface area contributed by atoms with E-state index in [4.69, 9.17) is 5.73 Å². The van der Waals surface area contributed by atoms with E-state index in [0.717, 1.165) is 39.0 Å². The van der Waals surface area contributed by atoms with Crippen LogP contribution in [-0.4, -0.2) is 42.9 Å². The van der Waals surface area contributed by atoms with Crippen molar-refractivity contribution < 1.29 is 9.59 Å². The Morgan fingerprint density at radius 3 is 2.00 bits per heavy atom. The van der Waals surface area contributed by atoms with Crippen molar-refractivity contribution in [2.24, 2.45) is 11.1 Å². The van der Waals surface area contributed by atoms with E-state index in [9.17, 15) is 9.59 Å². The summed E-state index contributed by atoms with van der Waals surface area (Å²) in [7, 11) is 0. The van der Waals surface area contributed by atoms with Gasteiger partial charge in [0.15, 0.2) is 0 Å². The summed E-state index contributed by atoms with van der Waals surface area (Å²) in [4.78, 5) is 25.6. The maximum Gasteiger partial charge on any atom is 0.253 e. The Morgan fingerprint density at radius 2 is 1.48 bits per heavy atom. The fourth-order valence-electron chi connectivity index (χ4n) is 3.60. The molecule has 0 aromatic heterocycles. The molecule has 0 unspecified atom stereocenters. The van der Waals surface area contributed by atoms with E-state index in [1.807, 2.05) is 4.90 Å². The number of nitrogens with zero attached hydrogens (tertiary/aromatic N) is 1. The summed E-state index contributed by atoms with van der Waals surface area (Å²) in [6.07, 6.45) is 4.64.